The molecule has 1 unspecified atom stereocenters. The second kappa shape index (κ2) is 13.0. The zero-order valence-electron chi connectivity index (χ0n) is 23.2. The fraction of sp³-hybridized carbons (Fsp3) is 0.312. The number of fused-ring (bicyclic) bond motifs is 1. The van der Waals surface area contributed by atoms with Crippen LogP contribution < -0.4 is 10.1 Å². The molecule has 0 saturated carbocycles. The topological polar surface area (TPSA) is 94.5 Å². The first-order valence-corrected chi connectivity index (χ1v) is 15.3. The first kappa shape index (κ1) is 29.1. The molecule has 7 nitrogen and oxygen atoms in total. The maximum absolute atomic E-state index is 12.9. The third-order valence-corrected chi connectivity index (χ3v) is 8.82. The molecule has 8 heteroatoms. The fourth-order valence-electron chi connectivity index (χ4n) is 4.81. The molecule has 0 spiro atoms. The van der Waals surface area contributed by atoms with Crippen molar-refractivity contribution < 1.29 is 22.7 Å². The van der Waals surface area contributed by atoms with Crippen LogP contribution in [0.2, 0.25) is 0 Å². The molecule has 1 heterocycles. The number of amides is 1. The van der Waals surface area contributed by atoms with Crippen LogP contribution in [0.4, 0.5) is 5.69 Å². The minimum absolute atomic E-state index is 0.00407. The Hall–Kier alpha value is -3.91. The van der Waals surface area contributed by atoms with Crippen molar-refractivity contribution in [3.63, 3.8) is 0 Å². The number of methoxy groups -OCH3 is 1. The minimum atomic E-state index is -3.75. The Bertz CT molecular complexity index is 1590. The standard InChI is InChI=1S/C32H36N2O5S/c1-4-6-10-23(5-2)32(36)33-27-16-15-24-17-18-34(29(24)20-27)21-26-14-13-25(19-31(26)39-3)30(35)22-40(37,38)28-11-8-7-9-12-28/h7-9,11-20,23H,4-6,10,21-22H2,1-3H3,(H,33,36). The highest BCUT2D eigenvalue weighted by Crippen LogP contribution is 2.27. The predicted octanol–water partition coefficient (Wildman–Crippen LogP) is 6.51. The van der Waals surface area contributed by atoms with E-state index in [4.69, 9.17) is 4.74 Å². The number of nitrogens with one attached hydrogen (secondary N) is 1. The van der Waals surface area contributed by atoms with E-state index in [9.17, 15) is 18.0 Å². The lowest BCUT2D eigenvalue weighted by molar-refractivity contribution is -0.120. The van der Waals surface area contributed by atoms with E-state index in [1.807, 2.05) is 37.4 Å². The summed E-state index contributed by atoms with van der Waals surface area (Å²) in [6.07, 6.45) is 5.75. The van der Waals surface area contributed by atoms with Crippen LogP contribution in [0.3, 0.4) is 0 Å². The van der Waals surface area contributed by atoms with Crippen LogP contribution in [-0.2, 0) is 21.2 Å². The van der Waals surface area contributed by atoms with E-state index in [0.717, 1.165) is 47.8 Å². The van der Waals surface area contributed by atoms with Gasteiger partial charge >= 0.3 is 0 Å². The monoisotopic (exact) mass is 560 g/mol. The highest BCUT2D eigenvalue weighted by molar-refractivity contribution is 7.92. The van der Waals surface area contributed by atoms with Gasteiger partial charge in [0.2, 0.25) is 5.91 Å². The van der Waals surface area contributed by atoms with Crippen molar-refractivity contribution >= 4 is 38.1 Å². The number of rotatable bonds is 13. The van der Waals surface area contributed by atoms with E-state index in [-0.39, 0.29) is 22.3 Å². The molecule has 3 aromatic carbocycles. The molecule has 1 N–H and O–H groups in total. The third-order valence-electron chi connectivity index (χ3n) is 7.18. The van der Waals surface area contributed by atoms with E-state index < -0.39 is 21.4 Å². The van der Waals surface area contributed by atoms with Crippen LogP contribution in [0.1, 0.15) is 55.5 Å². The first-order chi connectivity index (χ1) is 19.2. The number of sulfone groups is 1. The molecule has 0 bridgehead atoms. The molecule has 0 fully saturated rings. The van der Waals surface area contributed by atoms with Crippen molar-refractivity contribution in [2.45, 2.75) is 51.0 Å². The molecule has 4 aromatic rings. The zero-order valence-corrected chi connectivity index (χ0v) is 24.0. The number of ether oxygens (including phenoxy) is 1. The minimum Gasteiger partial charge on any atom is -0.496 e. The Kier molecular flexibility index (Phi) is 9.42. The Morgan fingerprint density at radius 1 is 0.975 bits per heavy atom. The SMILES string of the molecule is CCCCC(CC)C(=O)Nc1ccc2ccn(Cc3ccc(C(=O)CS(=O)(=O)c4ccccc4)cc3OC)c2c1. The van der Waals surface area contributed by atoms with Crippen LogP contribution >= 0.6 is 0 Å². The van der Waals surface area contributed by atoms with E-state index >= 15 is 0 Å². The molecule has 1 amide bonds. The van der Waals surface area contributed by atoms with Crippen molar-refractivity contribution in [1.29, 1.82) is 0 Å². The highest BCUT2D eigenvalue weighted by atomic mass is 32.2. The van der Waals surface area contributed by atoms with E-state index in [2.05, 4.69) is 16.8 Å². The Morgan fingerprint density at radius 3 is 2.45 bits per heavy atom. The number of nitrogens with zero attached hydrogens (tertiary/aromatic N) is 1. The number of carbonyl (C=O) groups excluding carboxylic acids is 2. The van der Waals surface area contributed by atoms with Crippen molar-refractivity contribution in [3.8, 4) is 5.75 Å². The van der Waals surface area contributed by atoms with Crippen LogP contribution in [0.5, 0.6) is 5.75 Å². The summed E-state index contributed by atoms with van der Waals surface area (Å²) in [5.41, 5.74) is 2.81. The molecule has 210 valence electrons. The normalized spacial score (nSPS) is 12.3. The number of ketones is 1. The molecule has 0 aliphatic heterocycles. The zero-order chi connectivity index (χ0) is 28.7. The Labute approximate surface area is 236 Å². The summed E-state index contributed by atoms with van der Waals surface area (Å²) in [6, 6.07) is 20.9. The van der Waals surface area contributed by atoms with Crippen LogP contribution in [0.25, 0.3) is 10.9 Å². The average Bonchev–Trinajstić information content (AvgIpc) is 3.35. The number of Topliss-reactive ketones (excluding diaryl/α,β-unsaturated/α-hetero) is 1. The number of hydrogen-bond acceptors (Lipinski definition) is 5. The maximum atomic E-state index is 12.9. The molecular formula is C32H36N2O5S. The lowest BCUT2D eigenvalue weighted by Crippen LogP contribution is -2.22. The maximum Gasteiger partial charge on any atom is 0.227 e. The molecule has 0 radical (unpaired) electrons. The van der Waals surface area contributed by atoms with Crippen LogP contribution in [0.15, 0.2) is 83.9 Å². The number of unbranched alkanes of at least 4 members (excludes halogenated alkanes) is 1. The van der Waals surface area contributed by atoms with Gasteiger partial charge in [0.15, 0.2) is 15.6 Å². The van der Waals surface area contributed by atoms with Gasteiger partial charge < -0.3 is 14.6 Å². The lowest BCUT2D eigenvalue weighted by Gasteiger charge is -2.15. The quantitative estimate of drug-likeness (QED) is 0.188. The van der Waals surface area contributed by atoms with Crippen LogP contribution in [-0.4, -0.2) is 37.5 Å². The molecule has 0 saturated heterocycles. The number of aromatic nitrogens is 1. The van der Waals surface area contributed by atoms with Gasteiger partial charge in [-0.15, -0.1) is 0 Å². The third kappa shape index (κ3) is 6.80. The summed E-state index contributed by atoms with van der Waals surface area (Å²) < 4.78 is 33.0. The van der Waals surface area contributed by atoms with Gasteiger partial charge in [0, 0.05) is 28.9 Å². The molecule has 4 rings (SSSR count). The predicted molar refractivity (Wildman–Crippen MR) is 159 cm³/mol. The summed E-state index contributed by atoms with van der Waals surface area (Å²) in [5, 5.41) is 4.12. The summed E-state index contributed by atoms with van der Waals surface area (Å²) in [7, 11) is -2.23. The Morgan fingerprint density at radius 2 is 1.75 bits per heavy atom. The second-order valence-electron chi connectivity index (χ2n) is 9.98. The van der Waals surface area contributed by atoms with Gasteiger partial charge in [0.25, 0.3) is 0 Å². The van der Waals surface area contributed by atoms with Gasteiger partial charge in [0.05, 0.1) is 24.1 Å². The molecular weight excluding hydrogens is 524 g/mol. The van der Waals surface area contributed by atoms with Crippen molar-refractivity contribution in [2.24, 2.45) is 5.92 Å². The van der Waals surface area contributed by atoms with Crippen molar-refractivity contribution in [3.05, 3.63) is 90.1 Å². The molecule has 1 aromatic heterocycles. The van der Waals surface area contributed by atoms with Crippen molar-refractivity contribution in [2.75, 3.05) is 18.2 Å². The van der Waals surface area contributed by atoms with Crippen molar-refractivity contribution in [1.82, 2.24) is 4.57 Å². The van der Waals surface area contributed by atoms with Gasteiger partial charge in [-0.05, 0) is 54.6 Å². The molecule has 40 heavy (non-hydrogen) atoms. The van der Waals surface area contributed by atoms with E-state index in [1.165, 1.54) is 19.2 Å². The molecule has 1 atom stereocenters. The second-order valence-corrected chi connectivity index (χ2v) is 12.0. The number of carbonyl (C=O) groups is 2. The summed E-state index contributed by atoms with van der Waals surface area (Å²) in [4.78, 5) is 25.8. The fourth-order valence-corrected chi connectivity index (χ4v) is 6.06. The largest absolute Gasteiger partial charge is 0.496 e. The first-order valence-electron chi connectivity index (χ1n) is 13.6. The highest BCUT2D eigenvalue weighted by Gasteiger charge is 2.21. The summed E-state index contributed by atoms with van der Waals surface area (Å²) in [5.74, 6) is -0.575. The Balaban J connectivity index is 1.52. The summed E-state index contributed by atoms with van der Waals surface area (Å²) in [6.45, 7) is 4.64. The van der Waals surface area contributed by atoms with Gasteiger partial charge in [0.1, 0.15) is 11.5 Å². The van der Waals surface area contributed by atoms with E-state index in [1.54, 1.807) is 36.4 Å². The van der Waals surface area contributed by atoms with E-state index in [0.29, 0.717) is 12.3 Å². The van der Waals surface area contributed by atoms with Gasteiger partial charge in [-0.25, -0.2) is 8.42 Å². The number of anilines is 1. The van der Waals surface area contributed by atoms with Crippen LogP contribution in [0, 0.1) is 5.92 Å². The van der Waals surface area contributed by atoms with Gasteiger partial charge in [-0.3, -0.25) is 9.59 Å². The molecule has 0 aliphatic carbocycles. The smallest absolute Gasteiger partial charge is 0.227 e. The lowest BCUT2D eigenvalue weighted by atomic mass is 9.98. The molecule has 0 aliphatic rings. The summed E-state index contributed by atoms with van der Waals surface area (Å²) >= 11 is 0. The van der Waals surface area contributed by atoms with Gasteiger partial charge in [-0.2, -0.15) is 0 Å². The number of benzene rings is 3. The average molecular weight is 561 g/mol. The number of hydrogen-bond donors (Lipinski definition) is 1. The van der Waals surface area contributed by atoms with Gasteiger partial charge in [-0.1, -0.05) is 63.1 Å².